The van der Waals surface area contributed by atoms with Gasteiger partial charge in [-0.05, 0) is 54.6 Å². The van der Waals surface area contributed by atoms with Crippen LogP contribution < -0.4 is 10.0 Å². The Morgan fingerprint density at radius 1 is 0.933 bits per heavy atom. The molecule has 10 heteroatoms. The third-order valence-electron chi connectivity index (χ3n) is 4.23. The van der Waals surface area contributed by atoms with Gasteiger partial charge in [-0.15, -0.1) is 0 Å². The van der Waals surface area contributed by atoms with Crippen molar-refractivity contribution in [2.45, 2.75) is 4.90 Å². The molecule has 2 aromatic heterocycles. The van der Waals surface area contributed by atoms with E-state index >= 15 is 0 Å². The highest BCUT2D eigenvalue weighted by molar-refractivity contribution is 7.89. The van der Waals surface area contributed by atoms with E-state index in [9.17, 15) is 8.42 Å². The van der Waals surface area contributed by atoms with Gasteiger partial charge >= 0.3 is 0 Å². The highest BCUT2D eigenvalue weighted by atomic mass is 35.5. The van der Waals surface area contributed by atoms with E-state index in [0.29, 0.717) is 39.5 Å². The minimum absolute atomic E-state index is 0.147. The Kier molecular flexibility index (Phi) is 5.92. The number of hydrogen-bond acceptors (Lipinski definition) is 6. The normalized spacial score (nSPS) is 11.7. The zero-order valence-corrected chi connectivity index (χ0v) is 17.8. The van der Waals surface area contributed by atoms with E-state index in [0.717, 1.165) is 5.39 Å². The van der Waals surface area contributed by atoms with Gasteiger partial charge in [0.25, 0.3) is 0 Å². The van der Waals surface area contributed by atoms with Crippen molar-refractivity contribution in [2.75, 3.05) is 18.4 Å². The highest BCUT2D eigenvalue weighted by Crippen LogP contribution is 2.27. The number of nitrogens with one attached hydrogen (secondary N) is 2. The minimum Gasteiger partial charge on any atom is -0.461 e. The van der Waals surface area contributed by atoms with Crippen molar-refractivity contribution in [1.29, 1.82) is 0 Å². The van der Waals surface area contributed by atoms with Crippen LogP contribution in [-0.2, 0) is 10.0 Å². The molecule has 2 aromatic carbocycles. The van der Waals surface area contributed by atoms with Crippen molar-refractivity contribution in [3.05, 3.63) is 70.9 Å². The van der Waals surface area contributed by atoms with Crippen molar-refractivity contribution in [1.82, 2.24) is 14.7 Å². The van der Waals surface area contributed by atoms with Crippen LogP contribution >= 0.6 is 23.2 Å². The first-order chi connectivity index (χ1) is 14.4. The first-order valence-electron chi connectivity index (χ1n) is 8.93. The van der Waals surface area contributed by atoms with Crippen molar-refractivity contribution < 1.29 is 12.8 Å². The fraction of sp³-hybridized carbons (Fsp3) is 0.100. The first kappa shape index (κ1) is 20.6. The molecule has 0 unspecified atom stereocenters. The van der Waals surface area contributed by atoms with Gasteiger partial charge in [0.15, 0.2) is 11.6 Å². The fourth-order valence-corrected chi connectivity index (χ4v) is 4.14. The van der Waals surface area contributed by atoms with Crippen LogP contribution in [0.4, 0.5) is 5.82 Å². The summed E-state index contributed by atoms with van der Waals surface area (Å²) in [5.41, 5.74) is 0.646. The van der Waals surface area contributed by atoms with Gasteiger partial charge in [0.2, 0.25) is 10.0 Å². The molecular formula is C20H16Cl2N4O3S. The molecule has 0 fully saturated rings. The molecule has 4 aromatic rings. The van der Waals surface area contributed by atoms with E-state index in [-0.39, 0.29) is 11.4 Å². The second kappa shape index (κ2) is 8.61. The Balaban J connectivity index is 1.51. The summed E-state index contributed by atoms with van der Waals surface area (Å²) in [5.74, 6) is 1.47. The summed E-state index contributed by atoms with van der Waals surface area (Å²) >= 11 is 11.9. The zero-order chi connectivity index (χ0) is 21.1. The van der Waals surface area contributed by atoms with Crippen LogP contribution in [0.2, 0.25) is 10.0 Å². The lowest BCUT2D eigenvalue weighted by Gasteiger charge is -2.11. The number of sulfonamides is 1. The van der Waals surface area contributed by atoms with Crippen LogP contribution in [0, 0.1) is 0 Å². The van der Waals surface area contributed by atoms with E-state index in [4.69, 9.17) is 27.6 Å². The number of furan rings is 1. The third kappa shape index (κ3) is 4.57. The van der Waals surface area contributed by atoms with E-state index in [1.54, 1.807) is 30.5 Å². The summed E-state index contributed by atoms with van der Waals surface area (Å²) in [7, 11) is -3.64. The predicted octanol–water partition coefficient (Wildman–Crippen LogP) is 4.59. The van der Waals surface area contributed by atoms with Crippen molar-refractivity contribution in [3.8, 4) is 11.6 Å². The van der Waals surface area contributed by atoms with Gasteiger partial charge in [0, 0.05) is 28.5 Å². The maximum Gasteiger partial charge on any atom is 0.240 e. The molecule has 0 spiro atoms. The highest BCUT2D eigenvalue weighted by Gasteiger charge is 2.14. The number of fused-ring (bicyclic) bond motifs is 1. The molecule has 2 N–H and O–H groups in total. The number of hydrogen-bond donors (Lipinski definition) is 2. The Morgan fingerprint density at radius 3 is 2.43 bits per heavy atom. The van der Waals surface area contributed by atoms with Crippen LogP contribution in [0.5, 0.6) is 0 Å². The van der Waals surface area contributed by atoms with Gasteiger partial charge in [-0.2, -0.15) is 0 Å². The lowest BCUT2D eigenvalue weighted by molar-refractivity contribution is 0.577. The molecule has 154 valence electrons. The Morgan fingerprint density at radius 2 is 1.70 bits per heavy atom. The molecule has 0 saturated heterocycles. The van der Waals surface area contributed by atoms with Crippen LogP contribution in [-0.4, -0.2) is 31.5 Å². The molecule has 0 atom stereocenters. The molecule has 0 bridgehead atoms. The predicted molar refractivity (Wildman–Crippen MR) is 117 cm³/mol. The molecule has 2 heterocycles. The quantitative estimate of drug-likeness (QED) is 0.390. The molecule has 0 aliphatic carbocycles. The molecule has 0 saturated carbocycles. The maximum absolute atomic E-state index is 12.4. The summed E-state index contributed by atoms with van der Waals surface area (Å²) in [6.07, 6.45) is 1.54. The van der Waals surface area contributed by atoms with Crippen LogP contribution in [0.25, 0.3) is 22.5 Å². The third-order valence-corrected chi connectivity index (χ3v) is 6.20. The number of nitrogens with zero attached hydrogens (tertiary/aromatic N) is 2. The molecule has 7 nitrogen and oxygen atoms in total. The van der Waals surface area contributed by atoms with Gasteiger partial charge in [0.05, 0.1) is 16.7 Å². The molecule has 30 heavy (non-hydrogen) atoms. The summed E-state index contributed by atoms with van der Waals surface area (Å²) in [5, 5.41) is 4.94. The van der Waals surface area contributed by atoms with Crippen molar-refractivity contribution in [3.63, 3.8) is 0 Å². The van der Waals surface area contributed by atoms with Crippen molar-refractivity contribution >= 4 is 49.9 Å². The number of rotatable bonds is 7. The second-order valence-corrected chi connectivity index (χ2v) is 8.95. The van der Waals surface area contributed by atoms with Gasteiger partial charge in [0.1, 0.15) is 5.82 Å². The topological polar surface area (TPSA) is 97.1 Å². The molecule has 0 radical (unpaired) electrons. The average molecular weight is 463 g/mol. The molecule has 0 aliphatic rings. The summed E-state index contributed by atoms with van der Waals surface area (Å²) in [6.45, 7) is 0.458. The van der Waals surface area contributed by atoms with Crippen LogP contribution in [0.15, 0.2) is 70.2 Å². The number of halogens is 2. The second-order valence-electron chi connectivity index (χ2n) is 6.31. The Hall–Kier alpha value is -2.65. The Labute approximate surface area is 183 Å². The van der Waals surface area contributed by atoms with E-state index < -0.39 is 10.0 Å². The van der Waals surface area contributed by atoms with Gasteiger partial charge in [-0.1, -0.05) is 23.2 Å². The van der Waals surface area contributed by atoms with Gasteiger partial charge < -0.3 is 9.73 Å². The fourth-order valence-electron chi connectivity index (χ4n) is 2.82. The molecule has 0 amide bonds. The SMILES string of the molecule is O=S(=O)(NCCNc1nc(-c2ccco2)nc2cc(Cl)ccc12)c1ccc(Cl)cc1. The van der Waals surface area contributed by atoms with E-state index in [1.165, 1.54) is 24.3 Å². The van der Waals surface area contributed by atoms with E-state index in [2.05, 4.69) is 20.0 Å². The van der Waals surface area contributed by atoms with E-state index in [1.807, 2.05) is 6.07 Å². The van der Waals surface area contributed by atoms with Crippen LogP contribution in [0.1, 0.15) is 0 Å². The smallest absolute Gasteiger partial charge is 0.240 e. The number of benzene rings is 2. The maximum atomic E-state index is 12.4. The molecule has 4 rings (SSSR count). The lowest BCUT2D eigenvalue weighted by Crippen LogP contribution is -2.29. The first-order valence-corrected chi connectivity index (χ1v) is 11.2. The summed E-state index contributed by atoms with van der Waals surface area (Å²) in [6, 6.07) is 14.8. The summed E-state index contributed by atoms with van der Waals surface area (Å²) in [4.78, 5) is 9.17. The number of anilines is 1. The minimum atomic E-state index is -3.64. The van der Waals surface area contributed by atoms with Gasteiger partial charge in [-0.3, -0.25) is 0 Å². The zero-order valence-electron chi connectivity index (χ0n) is 15.5. The lowest BCUT2D eigenvalue weighted by atomic mass is 10.2. The molecular weight excluding hydrogens is 447 g/mol. The van der Waals surface area contributed by atoms with Crippen LogP contribution in [0.3, 0.4) is 0 Å². The molecule has 0 aliphatic heterocycles. The average Bonchev–Trinajstić information content (AvgIpc) is 3.26. The number of aromatic nitrogens is 2. The largest absolute Gasteiger partial charge is 0.461 e. The monoisotopic (exact) mass is 462 g/mol. The van der Waals surface area contributed by atoms with Crippen molar-refractivity contribution in [2.24, 2.45) is 0 Å². The summed E-state index contributed by atoms with van der Waals surface area (Å²) < 4.78 is 32.7. The standard InChI is InChI=1S/C20H16Cl2N4O3S/c21-13-3-6-15(7-4-13)30(27,28)24-10-9-23-19-16-8-5-14(22)12-17(16)25-20(26-19)18-2-1-11-29-18/h1-8,11-12,24H,9-10H2,(H,23,25,26). The van der Waals surface area contributed by atoms with Gasteiger partial charge in [-0.25, -0.2) is 23.1 Å². The Bertz CT molecular complexity index is 1280.